The number of carbonyl (C=O) groups excluding carboxylic acids is 2. The standard InChI is InChI=1S/C19H21N3O5/c23-16-6-5-14(17(24)21-16)22-10-12-8-11(3-4-13(12)19(22)26)9-20-18(25)15-2-1-7-27-15/h1-4,7,12,14,18,20,25H,5-6,8-10H2,(H,21,23,24)/p+1. The van der Waals surface area contributed by atoms with E-state index in [1.165, 1.54) is 6.26 Å². The van der Waals surface area contributed by atoms with Gasteiger partial charge in [0.25, 0.3) is 5.91 Å². The molecule has 1 aromatic rings. The Kier molecular flexibility index (Phi) is 4.67. The Morgan fingerprint density at radius 2 is 2.22 bits per heavy atom. The number of fused-ring (bicyclic) bond motifs is 1. The van der Waals surface area contributed by atoms with Crippen LogP contribution in [0.25, 0.3) is 0 Å². The molecule has 4 N–H and O–H groups in total. The van der Waals surface area contributed by atoms with Crippen molar-refractivity contribution in [1.29, 1.82) is 0 Å². The summed E-state index contributed by atoms with van der Waals surface area (Å²) in [5, 5.41) is 23.1. The molecule has 0 bridgehead atoms. The van der Waals surface area contributed by atoms with Gasteiger partial charge in [-0.25, -0.2) is 4.79 Å². The SMILES string of the molecule is O=C1CCC(N2CC3CC(CNC(O)c4ccco4)=CC=C3C2=O)C(O)=[NH+]1. The molecular weight excluding hydrogens is 350 g/mol. The molecule has 3 atom stereocenters. The Morgan fingerprint density at radius 1 is 1.37 bits per heavy atom. The molecule has 27 heavy (non-hydrogen) atoms. The van der Waals surface area contributed by atoms with Gasteiger partial charge >= 0.3 is 11.8 Å². The van der Waals surface area contributed by atoms with Gasteiger partial charge in [0.15, 0.2) is 12.3 Å². The predicted molar refractivity (Wildman–Crippen MR) is 94.3 cm³/mol. The average molecular weight is 372 g/mol. The average Bonchev–Trinajstić information content (AvgIpc) is 3.29. The fourth-order valence-electron chi connectivity index (χ4n) is 3.90. The number of rotatable bonds is 5. The van der Waals surface area contributed by atoms with Crippen LogP contribution in [0.15, 0.2) is 46.1 Å². The van der Waals surface area contributed by atoms with Gasteiger partial charge in [0.2, 0.25) is 0 Å². The predicted octanol–water partition coefficient (Wildman–Crippen LogP) is -0.699. The van der Waals surface area contributed by atoms with Crippen molar-refractivity contribution >= 4 is 17.7 Å². The summed E-state index contributed by atoms with van der Waals surface area (Å²) in [6.07, 6.45) is 5.78. The van der Waals surface area contributed by atoms with E-state index in [2.05, 4.69) is 10.3 Å². The molecule has 0 radical (unpaired) electrons. The maximum atomic E-state index is 12.7. The molecule has 1 aliphatic carbocycles. The Labute approximate surface area is 155 Å². The zero-order valence-corrected chi connectivity index (χ0v) is 14.7. The number of allylic oxidation sites excluding steroid dienone is 2. The highest BCUT2D eigenvalue weighted by molar-refractivity contribution is 6.00. The van der Waals surface area contributed by atoms with Gasteiger partial charge in [-0.05, 0) is 25.0 Å². The maximum Gasteiger partial charge on any atom is 0.388 e. The summed E-state index contributed by atoms with van der Waals surface area (Å²) in [5.41, 5.74) is 1.81. The number of aliphatic hydroxyl groups is 2. The van der Waals surface area contributed by atoms with E-state index in [1.54, 1.807) is 17.0 Å². The molecule has 142 valence electrons. The van der Waals surface area contributed by atoms with Crippen LogP contribution in [0.4, 0.5) is 0 Å². The molecule has 8 nitrogen and oxygen atoms in total. The van der Waals surface area contributed by atoms with E-state index in [4.69, 9.17) is 4.42 Å². The molecule has 1 fully saturated rings. The fourth-order valence-corrected chi connectivity index (χ4v) is 3.90. The number of furan rings is 1. The fraction of sp³-hybridized carbons (Fsp3) is 0.421. The third kappa shape index (κ3) is 3.45. The quantitative estimate of drug-likeness (QED) is 0.508. The molecule has 0 spiro atoms. The summed E-state index contributed by atoms with van der Waals surface area (Å²) in [7, 11) is 0. The molecule has 0 aromatic carbocycles. The Balaban J connectivity index is 1.39. The van der Waals surface area contributed by atoms with Crippen LogP contribution in [-0.4, -0.2) is 52.0 Å². The molecule has 8 heteroatoms. The second-order valence-electron chi connectivity index (χ2n) is 7.09. The minimum Gasteiger partial charge on any atom is -0.465 e. The molecule has 4 rings (SSSR count). The highest BCUT2D eigenvalue weighted by Crippen LogP contribution is 2.34. The second kappa shape index (κ2) is 7.13. The lowest BCUT2D eigenvalue weighted by Gasteiger charge is -2.24. The molecule has 3 aliphatic rings. The molecule has 2 amide bonds. The van der Waals surface area contributed by atoms with Crippen molar-refractivity contribution in [2.45, 2.75) is 31.5 Å². The van der Waals surface area contributed by atoms with Crippen LogP contribution in [0.5, 0.6) is 0 Å². The van der Waals surface area contributed by atoms with E-state index in [1.807, 2.05) is 12.2 Å². The minimum absolute atomic E-state index is 0.0467. The van der Waals surface area contributed by atoms with Crippen molar-refractivity contribution < 1.29 is 29.2 Å². The van der Waals surface area contributed by atoms with E-state index in [0.717, 1.165) is 11.1 Å². The number of aliphatic hydroxyl groups excluding tert-OH is 2. The van der Waals surface area contributed by atoms with Crippen LogP contribution in [0, 0.1) is 5.92 Å². The molecule has 3 heterocycles. The van der Waals surface area contributed by atoms with E-state index < -0.39 is 12.3 Å². The largest absolute Gasteiger partial charge is 0.465 e. The summed E-state index contributed by atoms with van der Waals surface area (Å²) < 4.78 is 5.17. The first-order valence-electron chi connectivity index (χ1n) is 9.04. The number of hydrogen-bond acceptors (Lipinski definition) is 5. The monoisotopic (exact) mass is 372 g/mol. The van der Waals surface area contributed by atoms with Crippen molar-refractivity contribution in [1.82, 2.24) is 10.2 Å². The number of nitrogens with one attached hydrogen (secondary N) is 2. The lowest BCUT2D eigenvalue weighted by Crippen LogP contribution is -2.82. The Bertz CT molecular complexity index is 840. The van der Waals surface area contributed by atoms with Crippen LogP contribution in [0.2, 0.25) is 0 Å². The van der Waals surface area contributed by atoms with Crippen molar-refractivity contribution in [3.05, 3.63) is 47.5 Å². The normalized spacial score (nSPS) is 26.4. The Morgan fingerprint density at radius 3 is 2.96 bits per heavy atom. The van der Waals surface area contributed by atoms with Crippen LogP contribution in [-0.2, 0) is 9.59 Å². The van der Waals surface area contributed by atoms with Crippen LogP contribution in [0.3, 0.4) is 0 Å². The highest BCUT2D eigenvalue weighted by atomic mass is 16.4. The third-order valence-corrected chi connectivity index (χ3v) is 5.31. The summed E-state index contributed by atoms with van der Waals surface area (Å²) >= 11 is 0. The first-order chi connectivity index (χ1) is 13.0. The highest BCUT2D eigenvalue weighted by Gasteiger charge is 2.44. The maximum absolute atomic E-state index is 12.7. The number of hydrogen-bond donors (Lipinski definition) is 4. The molecule has 1 aromatic heterocycles. The summed E-state index contributed by atoms with van der Waals surface area (Å²) in [5.74, 6) is 0.0414. The number of amides is 2. The van der Waals surface area contributed by atoms with Gasteiger partial charge < -0.3 is 19.5 Å². The molecule has 2 aliphatic heterocycles. The smallest absolute Gasteiger partial charge is 0.388 e. The topological polar surface area (TPSA) is 117 Å². The van der Waals surface area contributed by atoms with E-state index in [9.17, 15) is 19.8 Å². The molecule has 3 unspecified atom stereocenters. The van der Waals surface area contributed by atoms with Crippen molar-refractivity contribution in [3.8, 4) is 0 Å². The van der Waals surface area contributed by atoms with Crippen LogP contribution >= 0.6 is 0 Å². The zero-order chi connectivity index (χ0) is 19.0. The van der Waals surface area contributed by atoms with Crippen molar-refractivity contribution in [2.24, 2.45) is 5.92 Å². The van der Waals surface area contributed by atoms with E-state index in [-0.39, 0.29) is 23.6 Å². The lowest BCUT2D eigenvalue weighted by molar-refractivity contribution is -0.394. The molecule has 1 saturated heterocycles. The van der Waals surface area contributed by atoms with Crippen molar-refractivity contribution in [3.63, 3.8) is 0 Å². The lowest BCUT2D eigenvalue weighted by atomic mass is 9.89. The number of likely N-dealkylation sites (tertiary alicyclic amines) is 1. The van der Waals surface area contributed by atoms with Crippen LogP contribution in [0.1, 0.15) is 31.3 Å². The van der Waals surface area contributed by atoms with Gasteiger partial charge in [-0.15, -0.1) is 4.99 Å². The molecular formula is C19H22N3O5+. The van der Waals surface area contributed by atoms with Crippen molar-refractivity contribution in [2.75, 3.05) is 13.1 Å². The zero-order valence-electron chi connectivity index (χ0n) is 14.7. The third-order valence-electron chi connectivity index (χ3n) is 5.31. The number of carbonyl (C=O) groups is 2. The van der Waals surface area contributed by atoms with E-state index in [0.29, 0.717) is 38.1 Å². The van der Waals surface area contributed by atoms with Gasteiger partial charge in [0, 0.05) is 24.6 Å². The molecule has 0 saturated carbocycles. The van der Waals surface area contributed by atoms with E-state index >= 15 is 0 Å². The van der Waals surface area contributed by atoms with Crippen LogP contribution < -0.4 is 10.3 Å². The van der Waals surface area contributed by atoms with Gasteiger partial charge in [0.05, 0.1) is 12.7 Å². The van der Waals surface area contributed by atoms with Gasteiger partial charge in [-0.1, -0.05) is 17.7 Å². The van der Waals surface area contributed by atoms with Gasteiger partial charge in [0.1, 0.15) is 5.76 Å². The second-order valence-corrected chi connectivity index (χ2v) is 7.09. The van der Waals surface area contributed by atoms with Gasteiger partial charge in [-0.3, -0.25) is 10.1 Å². The summed E-state index contributed by atoms with van der Waals surface area (Å²) in [6, 6.07) is 2.95. The first-order valence-corrected chi connectivity index (χ1v) is 9.04. The minimum atomic E-state index is -0.884. The summed E-state index contributed by atoms with van der Waals surface area (Å²) in [4.78, 5) is 28.2. The number of nitrogens with zero attached hydrogens (tertiary/aromatic N) is 1. The Hall–Kier alpha value is -2.71. The summed E-state index contributed by atoms with van der Waals surface area (Å²) in [6.45, 7) is 0.987. The van der Waals surface area contributed by atoms with Gasteiger partial charge in [-0.2, -0.15) is 0 Å². The first kappa shape index (κ1) is 17.7.